The Kier molecular flexibility index (Phi) is 11.6. The molecular weight excluding hydrogens is 424 g/mol. The second-order valence-electron chi connectivity index (χ2n) is 8.88. The maximum atomic E-state index is 16.0. The van der Waals surface area contributed by atoms with Crippen molar-refractivity contribution in [2.45, 2.75) is 96.6 Å². The highest BCUT2D eigenvalue weighted by Gasteiger charge is 2.50. The van der Waals surface area contributed by atoms with Crippen LogP contribution < -0.4 is 5.11 Å². The van der Waals surface area contributed by atoms with Crippen LogP contribution in [0.25, 0.3) is 0 Å². The summed E-state index contributed by atoms with van der Waals surface area (Å²) in [6.45, 7) is 4.54. The highest BCUT2D eigenvalue weighted by molar-refractivity contribution is 5.74. The van der Waals surface area contributed by atoms with Gasteiger partial charge in [-0.05, 0) is 37.0 Å². The number of nitrogens with zero attached hydrogens (tertiary/aromatic N) is 1. The number of unbranched alkanes of at least 4 members (excludes halogenated alkanes) is 9. The maximum Gasteiger partial charge on any atom is 0.218 e. The molecule has 33 heavy (non-hydrogen) atoms. The average molecular weight is 463 g/mol. The number of aromatic nitrogens is 1. The van der Waals surface area contributed by atoms with Crippen LogP contribution >= 0.6 is 0 Å². The molecule has 0 N–H and O–H groups in total. The Morgan fingerprint density at radius 1 is 1.03 bits per heavy atom. The summed E-state index contributed by atoms with van der Waals surface area (Å²) in [5.41, 5.74) is -2.32. The molecule has 184 valence electrons. The first-order valence-electron chi connectivity index (χ1n) is 12.5. The van der Waals surface area contributed by atoms with E-state index in [-0.39, 0.29) is 18.1 Å². The van der Waals surface area contributed by atoms with Crippen LogP contribution in [0.3, 0.4) is 0 Å². The number of pyridine rings is 1. The van der Waals surface area contributed by atoms with Crippen molar-refractivity contribution in [3.05, 3.63) is 53.3 Å². The number of ether oxygens (including phenoxy) is 1. The molecule has 2 atom stereocenters. The van der Waals surface area contributed by atoms with Gasteiger partial charge in [0.25, 0.3) is 0 Å². The highest BCUT2D eigenvalue weighted by atomic mass is 19.2. The molecule has 0 aliphatic heterocycles. The van der Waals surface area contributed by atoms with Crippen molar-refractivity contribution in [2.24, 2.45) is 5.92 Å². The molecule has 0 saturated heterocycles. The molecule has 1 heterocycles. The minimum Gasteiger partial charge on any atom is -0.549 e. The number of hydrogen-bond acceptors (Lipinski definition) is 4. The van der Waals surface area contributed by atoms with E-state index in [1.807, 2.05) is 0 Å². The second-order valence-corrected chi connectivity index (χ2v) is 8.88. The van der Waals surface area contributed by atoms with Gasteiger partial charge in [-0.1, -0.05) is 83.8 Å². The van der Waals surface area contributed by atoms with Gasteiger partial charge in [-0.25, -0.2) is 8.78 Å². The zero-order valence-electron chi connectivity index (χ0n) is 20.1. The van der Waals surface area contributed by atoms with Crippen molar-refractivity contribution in [3.63, 3.8) is 0 Å². The lowest BCUT2D eigenvalue weighted by Gasteiger charge is -2.34. The molecule has 1 aromatic heterocycles. The summed E-state index contributed by atoms with van der Waals surface area (Å²) in [6, 6.07) is 3.07. The predicted octanol–water partition coefficient (Wildman–Crippen LogP) is 6.25. The normalized spacial score (nSPS) is 20.3. The summed E-state index contributed by atoms with van der Waals surface area (Å²) in [4.78, 5) is 15.7. The van der Waals surface area contributed by atoms with Crippen molar-refractivity contribution in [1.82, 2.24) is 4.98 Å². The molecule has 0 amide bonds. The largest absolute Gasteiger partial charge is 0.549 e. The smallest absolute Gasteiger partial charge is 0.218 e. The number of halogens is 2. The molecule has 1 aliphatic carbocycles. The molecule has 4 nitrogen and oxygen atoms in total. The number of hydrogen-bond donors (Lipinski definition) is 0. The predicted molar refractivity (Wildman–Crippen MR) is 125 cm³/mol. The minimum atomic E-state index is -2.95. The first-order valence-corrected chi connectivity index (χ1v) is 12.5. The summed E-state index contributed by atoms with van der Waals surface area (Å²) in [6.07, 6.45) is 16.5. The van der Waals surface area contributed by atoms with Crippen LogP contribution in [0.4, 0.5) is 8.78 Å². The first-order chi connectivity index (χ1) is 15.9. The van der Waals surface area contributed by atoms with Gasteiger partial charge in [0.1, 0.15) is 0 Å². The summed E-state index contributed by atoms with van der Waals surface area (Å²) < 4.78 is 36.8. The van der Waals surface area contributed by atoms with Crippen molar-refractivity contribution in [1.29, 1.82) is 0 Å². The summed E-state index contributed by atoms with van der Waals surface area (Å²) in [5.74, 6) is -5.04. The fourth-order valence-corrected chi connectivity index (χ4v) is 4.11. The van der Waals surface area contributed by atoms with E-state index in [1.165, 1.54) is 44.0 Å². The number of aliphatic carboxylic acids is 1. The topological polar surface area (TPSA) is 62.2 Å². The van der Waals surface area contributed by atoms with Crippen LogP contribution in [-0.2, 0) is 21.6 Å². The van der Waals surface area contributed by atoms with E-state index in [0.29, 0.717) is 0 Å². The Bertz CT molecular complexity index is 791. The zero-order chi connectivity index (χ0) is 24.1. The van der Waals surface area contributed by atoms with Gasteiger partial charge in [-0.3, -0.25) is 4.98 Å². The molecule has 2 unspecified atom stereocenters. The number of carboxylic acid groups (broad SMARTS) is 1. The number of allylic oxidation sites excluding steroid dienone is 2. The second kappa shape index (κ2) is 14.1. The lowest BCUT2D eigenvalue weighted by Crippen LogP contribution is -2.45. The Balaban J connectivity index is 2.07. The maximum absolute atomic E-state index is 16.0. The summed E-state index contributed by atoms with van der Waals surface area (Å²) in [7, 11) is 0. The molecule has 0 spiro atoms. The fourth-order valence-electron chi connectivity index (χ4n) is 4.11. The quantitative estimate of drug-likeness (QED) is 0.272. The van der Waals surface area contributed by atoms with Gasteiger partial charge in [0, 0.05) is 6.20 Å². The molecule has 0 fully saturated rings. The van der Waals surface area contributed by atoms with Crippen molar-refractivity contribution < 1.29 is 23.4 Å². The Morgan fingerprint density at radius 2 is 1.67 bits per heavy atom. The van der Waals surface area contributed by atoms with Crippen molar-refractivity contribution in [3.8, 4) is 0 Å². The van der Waals surface area contributed by atoms with E-state index in [1.54, 1.807) is 6.07 Å². The van der Waals surface area contributed by atoms with E-state index in [2.05, 4.69) is 18.8 Å². The number of alkyl halides is 1. The monoisotopic (exact) mass is 462 g/mol. The van der Waals surface area contributed by atoms with Crippen LogP contribution in [0.15, 0.2) is 42.1 Å². The first kappa shape index (κ1) is 27.0. The number of carbonyl (C=O) groups is 1. The molecule has 0 saturated carbocycles. The van der Waals surface area contributed by atoms with Crippen LogP contribution in [0.5, 0.6) is 0 Å². The van der Waals surface area contributed by atoms with Gasteiger partial charge in [0.2, 0.25) is 5.67 Å². The average Bonchev–Trinajstić information content (AvgIpc) is 2.81. The number of rotatable bonds is 16. The fraction of sp³-hybridized carbons (Fsp3) is 0.630. The Morgan fingerprint density at radius 3 is 2.27 bits per heavy atom. The van der Waals surface area contributed by atoms with E-state index in [0.717, 1.165) is 63.0 Å². The molecule has 0 radical (unpaired) electrons. The van der Waals surface area contributed by atoms with Crippen molar-refractivity contribution >= 4 is 5.97 Å². The highest BCUT2D eigenvalue weighted by Crippen LogP contribution is 2.46. The molecule has 6 heteroatoms. The standard InChI is InChI=1S/C27H39F2NO3/c1-3-5-7-9-10-12-14-21-15-18-24(30-20-21)27(29)22(26(31)32)16-17-23(25(27)28)33-19-13-11-8-6-4-2/h15-18,20,22H,3-14,19H2,1-2H3,(H,31,32)/p-1. The van der Waals surface area contributed by atoms with Gasteiger partial charge in [-0.2, -0.15) is 0 Å². The van der Waals surface area contributed by atoms with Gasteiger partial charge >= 0.3 is 0 Å². The minimum absolute atomic E-state index is 0.244. The third-order valence-corrected chi connectivity index (χ3v) is 6.18. The SMILES string of the molecule is CCCCCCCCc1ccc(C2(F)C(F)=C(OCCCCCCC)C=CC2C(=O)[O-])nc1. The Labute approximate surface area is 197 Å². The van der Waals surface area contributed by atoms with Gasteiger partial charge in [-0.15, -0.1) is 0 Å². The summed E-state index contributed by atoms with van der Waals surface area (Å²) >= 11 is 0. The summed E-state index contributed by atoms with van der Waals surface area (Å²) in [5, 5.41) is 11.6. The third kappa shape index (κ3) is 7.65. The van der Waals surface area contributed by atoms with Gasteiger partial charge in [0.05, 0.1) is 24.2 Å². The molecule has 0 aromatic carbocycles. The van der Waals surface area contributed by atoms with Gasteiger partial charge < -0.3 is 14.6 Å². The lowest BCUT2D eigenvalue weighted by atomic mass is 9.80. The molecule has 2 rings (SSSR count). The molecule has 1 aromatic rings. The number of carboxylic acids is 1. The number of aryl methyl sites for hydroxylation is 1. The van der Waals surface area contributed by atoms with E-state index in [4.69, 9.17) is 4.74 Å². The van der Waals surface area contributed by atoms with Crippen LogP contribution in [0.1, 0.15) is 95.7 Å². The third-order valence-electron chi connectivity index (χ3n) is 6.18. The molecule has 0 bridgehead atoms. The number of carbonyl (C=O) groups excluding carboxylic acids is 1. The zero-order valence-corrected chi connectivity index (χ0v) is 20.1. The van der Waals surface area contributed by atoms with Crippen LogP contribution in [0.2, 0.25) is 0 Å². The van der Waals surface area contributed by atoms with E-state index >= 15 is 8.78 Å². The van der Waals surface area contributed by atoms with Gasteiger partial charge in [0.15, 0.2) is 11.6 Å². The lowest BCUT2D eigenvalue weighted by molar-refractivity contribution is -0.313. The van der Waals surface area contributed by atoms with E-state index in [9.17, 15) is 9.90 Å². The molecule has 1 aliphatic rings. The molecular formula is C27H38F2NO3-. The van der Waals surface area contributed by atoms with E-state index < -0.39 is 23.4 Å². The van der Waals surface area contributed by atoms with Crippen LogP contribution in [0, 0.1) is 5.92 Å². The van der Waals surface area contributed by atoms with Crippen LogP contribution in [-0.4, -0.2) is 17.6 Å². The van der Waals surface area contributed by atoms with Crippen molar-refractivity contribution in [2.75, 3.05) is 6.61 Å². The Hall–Kier alpha value is -2.24.